The van der Waals surface area contributed by atoms with Crippen molar-refractivity contribution in [2.45, 2.75) is 58.5 Å². The number of aliphatic hydroxyl groups excluding tert-OH is 1. The lowest BCUT2D eigenvalue weighted by atomic mass is 9.87. The lowest BCUT2D eigenvalue weighted by Crippen LogP contribution is -2.42. The molecule has 1 unspecified atom stereocenters. The fraction of sp³-hybridized carbons (Fsp3) is 0.640. The minimum absolute atomic E-state index is 0.00739. The van der Waals surface area contributed by atoms with E-state index < -0.39 is 5.60 Å². The van der Waals surface area contributed by atoms with Crippen molar-refractivity contribution in [2.75, 3.05) is 32.8 Å². The van der Waals surface area contributed by atoms with Gasteiger partial charge in [-0.25, -0.2) is 4.79 Å². The van der Waals surface area contributed by atoms with Gasteiger partial charge in [-0.05, 0) is 76.5 Å². The first-order valence-corrected chi connectivity index (χ1v) is 11.9. The summed E-state index contributed by atoms with van der Waals surface area (Å²) in [6.07, 6.45) is 7.67. The van der Waals surface area contributed by atoms with E-state index in [0.29, 0.717) is 38.6 Å². The van der Waals surface area contributed by atoms with E-state index in [2.05, 4.69) is 16.4 Å². The first kappa shape index (κ1) is 25.0. The number of aromatic nitrogens is 1. The van der Waals surface area contributed by atoms with Crippen LogP contribution in [0.1, 0.15) is 58.6 Å². The molecule has 2 N–H and O–H groups in total. The summed E-state index contributed by atoms with van der Waals surface area (Å²) in [4.78, 5) is 30.6. The largest absolute Gasteiger partial charge is 0.492 e. The molecule has 0 spiro atoms. The SMILES string of the molecule is CC(C)(C)OC(=O)N1CCC(COc2ccc(C3=CCC(C(=O)NCCO)CC3)nc2)CC1. The number of piperidine rings is 1. The van der Waals surface area contributed by atoms with Crippen LogP contribution >= 0.6 is 0 Å². The monoisotopic (exact) mass is 459 g/mol. The third-order valence-corrected chi connectivity index (χ3v) is 6.01. The van der Waals surface area contributed by atoms with E-state index in [9.17, 15) is 9.59 Å². The summed E-state index contributed by atoms with van der Waals surface area (Å²) in [5, 5.41) is 11.6. The average Bonchev–Trinajstić information content (AvgIpc) is 2.81. The Morgan fingerprint density at radius 3 is 2.55 bits per heavy atom. The maximum atomic E-state index is 12.2. The summed E-state index contributed by atoms with van der Waals surface area (Å²) in [6.45, 7) is 7.89. The number of pyridine rings is 1. The van der Waals surface area contributed by atoms with Crippen LogP contribution in [0.15, 0.2) is 24.4 Å². The van der Waals surface area contributed by atoms with Crippen molar-refractivity contribution in [1.29, 1.82) is 0 Å². The lowest BCUT2D eigenvalue weighted by Gasteiger charge is -2.33. The van der Waals surface area contributed by atoms with Gasteiger partial charge in [-0.1, -0.05) is 6.08 Å². The highest BCUT2D eigenvalue weighted by atomic mass is 16.6. The van der Waals surface area contributed by atoms with Crippen LogP contribution in [0.2, 0.25) is 0 Å². The van der Waals surface area contributed by atoms with E-state index in [0.717, 1.165) is 42.7 Å². The van der Waals surface area contributed by atoms with Crippen LogP contribution in [0.3, 0.4) is 0 Å². The molecule has 8 nitrogen and oxygen atoms in total. The smallest absolute Gasteiger partial charge is 0.410 e. The number of amides is 2. The molecule has 0 saturated carbocycles. The summed E-state index contributed by atoms with van der Waals surface area (Å²) in [6, 6.07) is 3.91. The number of hydrogen-bond donors (Lipinski definition) is 2. The van der Waals surface area contributed by atoms with Crippen LogP contribution in [0.5, 0.6) is 5.75 Å². The number of rotatable bonds is 7. The lowest BCUT2D eigenvalue weighted by molar-refractivity contribution is -0.125. The van der Waals surface area contributed by atoms with Crippen molar-refractivity contribution < 1.29 is 24.2 Å². The van der Waals surface area contributed by atoms with Gasteiger partial charge in [0.25, 0.3) is 0 Å². The predicted octanol–water partition coefficient (Wildman–Crippen LogP) is 3.40. The number of nitrogens with one attached hydrogen (secondary N) is 1. The topological polar surface area (TPSA) is 101 Å². The van der Waals surface area contributed by atoms with Crippen molar-refractivity contribution in [2.24, 2.45) is 11.8 Å². The Balaban J connectivity index is 1.41. The van der Waals surface area contributed by atoms with E-state index >= 15 is 0 Å². The van der Waals surface area contributed by atoms with E-state index in [4.69, 9.17) is 14.6 Å². The summed E-state index contributed by atoms with van der Waals surface area (Å²) in [5.74, 6) is 1.11. The Labute approximate surface area is 196 Å². The molecule has 1 fully saturated rings. The second-order valence-corrected chi connectivity index (χ2v) is 9.82. The van der Waals surface area contributed by atoms with Gasteiger partial charge in [-0.2, -0.15) is 0 Å². The molecule has 1 atom stereocenters. The number of hydrogen-bond acceptors (Lipinski definition) is 6. The van der Waals surface area contributed by atoms with Crippen molar-refractivity contribution in [3.05, 3.63) is 30.1 Å². The number of carbonyl (C=O) groups is 2. The molecule has 2 heterocycles. The standard InChI is InChI=1S/C25H37N3O5/c1-25(2,3)33-24(31)28-13-10-18(11-14-28)17-32-21-8-9-22(27-16-21)19-4-6-20(7-5-19)23(30)26-12-15-29/h4,8-9,16,18,20,29H,5-7,10-15,17H2,1-3H3,(H,26,30). The molecule has 33 heavy (non-hydrogen) atoms. The van der Waals surface area contributed by atoms with E-state index in [1.165, 1.54) is 0 Å². The average molecular weight is 460 g/mol. The number of carbonyl (C=O) groups excluding carboxylic acids is 2. The molecule has 0 bridgehead atoms. The minimum Gasteiger partial charge on any atom is -0.492 e. The van der Waals surface area contributed by atoms with Gasteiger partial charge >= 0.3 is 6.09 Å². The van der Waals surface area contributed by atoms with Crippen molar-refractivity contribution in [1.82, 2.24) is 15.2 Å². The van der Waals surface area contributed by atoms with Crippen molar-refractivity contribution in [3.63, 3.8) is 0 Å². The summed E-state index contributed by atoms with van der Waals surface area (Å²) < 4.78 is 11.4. The van der Waals surface area contributed by atoms with Gasteiger partial charge in [-0.3, -0.25) is 9.78 Å². The molecule has 182 valence electrons. The zero-order valence-electron chi connectivity index (χ0n) is 20.0. The molecule has 0 aromatic carbocycles. The summed E-state index contributed by atoms with van der Waals surface area (Å²) >= 11 is 0. The third-order valence-electron chi connectivity index (χ3n) is 6.01. The van der Waals surface area contributed by atoms with Gasteiger partial charge in [0.1, 0.15) is 11.4 Å². The Morgan fingerprint density at radius 2 is 1.97 bits per heavy atom. The molecule has 3 rings (SSSR count). The molecule has 8 heteroatoms. The second-order valence-electron chi connectivity index (χ2n) is 9.82. The van der Waals surface area contributed by atoms with Gasteiger partial charge in [0.2, 0.25) is 5.91 Å². The minimum atomic E-state index is -0.472. The first-order valence-electron chi connectivity index (χ1n) is 11.9. The van der Waals surface area contributed by atoms with Crippen LogP contribution in [0, 0.1) is 11.8 Å². The summed E-state index contributed by atoms with van der Waals surface area (Å²) in [5.41, 5.74) is 1.60. The van der Waals surface area contributed by atoms with E-state index in [-0.39, 0.29) is 24.5 Å². The molecular formula is C25H37N3O5. The molecule has 2 amide bonds. The van der Waals surface area contributed by atoms with Crippen molar-refractivity contribution in [3.8, 4) is 5.75 Å². The number of allylic oxidation sites excluding steroid dienone is 2. The van der Waals surface area contributed by atoms with Crippen LogP contribution in [0.25, 0.3) is 5.57 Å². The quantitative estimate of drug-likeness (QED) is 0.648. The molecule has 2 aliphatic rings. The van der Waals surface area contributed by atoms with E-state index in [1.807, 2.05) is 32.9 Å². The predicted molar refractivity (Wildman–Crippen MR) is 126 cm³/mol. The normalized spacial score (nSPS) is 19.6. The highest BCUT2D eigenvalue weighted by Gasteiger charge is 2.27. The van der Waals surface area contributed by atoms with Gasteiger partial charge in [0, 0.05) is 25.6 Å². The zero-order chi connectivity index (χ0) is 23.8. The fourth-order valence-electron chi connectivity index (χ4n) is 4.11. The number of ether oxygens (including phenoxy) is 2. The summed E-state index contributed by atoms with van der Waals surface area (Å²) in [7, 11) is 0. The number of aliphatic hydroxyl groups is 1. The Kier molecular flexibility index (Phi) is 8.72. The van der Waals surface area contributed by atoms with Crippen LogP contribution in [-0.2, 0) is 9.53 Å². The molecular weight excluding hydrogens is 422 g/mol. The second kappa shape index (κ2) is 11.5. The molecule has 1 aromatic rings. The number of likely N-dealkylation sites (tertiary alicyclic amines) is 1. The molecule has 1 aromatic heterocycles. The molecule has 0 radical (unpaired) electrons. The first-order chi connectivity index (χ1) is 15.7. The highest BCUT2D eigenvalue weighted by Crippen LogP contribution is 2.30. The maximum absolute atomic E-state index is 12.2. The maximum Gasteiger partial charge on any atom is 0.410 e. The van der Waals surface area contributed by atoms with Gasteiger partial charge < -0.3 is 24.8 Å². The Morgan fingerprint density at radius 1 is 1.21 bits per heavy atom. The third kappa shape index (κ3) is 7.74. The van der Waals surface area contributed by atoms with Gasteiger partial charge in [0.15, 0.2) is 0 Å². The zero-order valence-corrected chi connectivity index (χ0v) is 20.0. The van der Waals surface area contributed by atoms with E-state index in [1.54, 1.807) is 11.1 Å². The Bertz CT molecular complexity index is 823. The van der Waals surface area contributed by atoms with Gasteiger partial charge in [0.05, 0.1) is 25.1 Å². The van der Waals surface area contributed by atoms with Gasteiger partial charge in [-0.15, -0.1) is 0 Å². The van der Waals surface area contributed by atoms with Crippen LogP contribution in [0.4, 0.5) is 4.79 Å². The van der Waals surface area contributed by atoms with Crippen LogP contribution in [-0.4, -0.2) is 65.4 Å². The highest BCUT2D eigenvalue weighted by molar-refractivity contribution is 5.80. The Hall–Kier alpha value is -2.61. The molecule has 1 saturated heterocycles. The van der Waals surface area contributed by atoms with Crippen molar-refractivity contribution >= 4 is 17.6 Å². The number of nitrogens with zero attached hydrogens (tertiary/aromatic N) is 2. The van der Waals surface area contributed by atoms with Crippen LogP contribution < -0.4 is 10.1 Å². The molecule has 1 aliphatic heterocycles. The fourth-order valence-corrected chi connectivity index (χ4v) is 4.11. The molecule has 1 aliphatic carbocycles.